The number of carbonyl (C=O) groups is 2. The van der Waals surface area contributed by atoms with E-state index in [9.17, 15) is 9.59 Å². The molecule has 0 radical (unpaired) electrons. The molecule has 2 fully saturated rings. The molecule has 1 saturated heterocycles. The van der Waals surface area contributed by atoms with Crippen molar-refractivity contribution in [1.29, 1.82) is 0 Å². The molecule has 47 heavy (non-hydrogen) atoms. The lowest BCUT2D eigenvalue weighted by Crippen LogP contribution is -2.54. The van der Waals surface area contributed by atoms with E-state index in [0.29, 0.717) is 18.6 Å². The monoisotopic (exact) mass is 696 g/mol. The van der Waals surface area contributed by atoms with Crippen LogP contribution in [0.15, 0.2) is 76.5 Å². The zero-order chi connectivity index (χ0) is 32.8. The number of alkyl carbamates (subject to hydrolysis) is 1. The zero-order valence-electron chi connectivity index (χ0n) is 26.8. The highest BCUT2D eigenvalue weighted by Gasteiger charge is 2.46. The van der Waals surface area contributed by atoms with Gasteiger partial charge in [0.1, 0.15) is 28.5 Å². The molecule has 2 aliphatic carbocycles. The first-order valence-electron chi connectivity index (χ1n) is 16.1. The van der Waals surface area contributed by atoms with E-state index < -0.39 is 23.2 Å². The molecule has 11 heteroatoms. The van der Waals surface area contributed by atoms with Crippen molar-refractivity contribution >= 4 is 56.2 Å². The van der Waals surface area contributed by atoms with Crippen LogP contribution in [0.3, 0.4) is 0 Å². The second kappa shape index (κ2) is 12.3. The van der Waals surface area contributed by atoms with Gasteiger partial charge in [-0.25, -0.2) is 19.6 Å². The second-order valence-corrected chi connectivity index (χ2v) is 14.2. The van der Waals surface area contributed by atoms with Crippen LogP contribution >= 0.6 is 15.9 Å². The van der Waals surface area contributed by atoms with Crippen LogP contribution in [0, 0.1) is 0 Å². The summed E-state index contributed by atoms with van der Waals surface area (Å²) in [5.74, 6) is 1.15. The summed E-state index contributed by atoms with van der Waals surface area (Å²) in [6.07, 6.45) is 3.65. The number of halogens is 1. The largest absolute Gasteiger partial charge is 0.444 e. The number of aromatic nitrogens is 2. The van der Waals surface area contributed by atoms with Crippen LogP contribution in [-0.4, -0.2) is 65.1 Å². The topological polar surface area (TPSA) is 109 Å². The molecule has 1 amide bonds. The predicted octanol–water partition coefficient (Wildman–Crippen LogP) is 6.83. The molecule has 0 atom stereocenters. The van der Waals surface area contributed by atoms with Crippen molar-refractivity contribution in [2.45, 2.75) is 57.6 Å². The molecule has 3 aliphatic rings. The molecule has 242 valence electrons. The number of nitrogens with zero attached hydrogens (tertiary/aromatic N) is 5. The number of fused-ring (bicyclic) bond motifs is 5. The Hall–Kier alpha value is -4.51. The van der Waals surface area contributed by atoms with Gasteiger partial charge in [-0.3, -0.25) is 0 Å². The molecule has 10 nitrogen and oxygen atoms in total. The van der Waals surface area contributed by atoms with E-state index >= 15 is 0 Å². The number of oxime groups is 1. The number of rotatable bonds is 5. The highest BCUT2D eigenvalue weighted by molar-refractivity contribution is 9.10. The van der Waals surface area contributed by atoms with Gasteiger partial charge in [0.25, 0.3) is 0 Å². The van der Waals surface area contributed by atoms with Crippen LogP contribution in [-0.2, 0) is 14.4 Å². The van der Waals surface area contributed by atoms with Gasteiger partial charge >= 0.3 is 12.1 Å². The van der Waals surface area contributed by atoms with E-state index in [2.05, 4.69) is 53.3 Å². The molecule has 0 spiro atoms. The average Bonchev–Trinajstić information content (AvgIpc) is 3.66. The maximum absolute atomic E-state index is 13.8. The minimum atomic E-state index is -1.20. The lowest BCUT2D eigenvalue weighted by Gasteiger charge is -2.37. The summed E-state index contributed by atoms with van der Waals surface area (Å²) in [5.41, 5.74) is 3.21. The van der Waals surface area contributed by atoms with E-state index in [-0.39, 0.29) is 0 Å². The van der Waals surface area contributed by atoms with Crippen LogP contribution in [0.25, 0.3) is 22.0 Å². The van der Waals surface area contributed by atoms with E-state index in [1.54, 1.807) is 20.8 Å². The van der Waals surface area contributed by atoms with Crippen LogP contribution in [0.2, 0.25) is 0 Å². The van der Waals surface area contributed by atoms with Crippen LogP contribution in [0.4, 0.5) is 16.4 Å². The molecule has 0 bridgehead atoms. The van der Waals surface area contributed by atoms with Crippen molar-refractivity contribution in [3.05, 3.63) is 82.5 Å². The van der Waals surface area contributed by atoms with Crippen molar-refractivity contribution in [1.82, 2.24) is 15.3 Å². The Morgan fingerprint density at radius 3 is 2.32 bits per heavy atom. The first-order valence-corrected chi connectivity index (χ1v) is 16.9. The standard InChI is InChI=1S/C36H37BrN6O4/c1-35(2,3)46-34(45)40-36(15-7-8-16-36)33(44)47-41-31-25-11-5-4-10-24(25)29-26-22-23(37)13-14-27(26)39-32(30(29)31)43-20-18-42(19-21-43)28-12-6-9-17-38-28/h4-6,9-14,17,22H,7-8,15-16,18-21H2,1-3H3,(H,40,45)/b41-31+. The van der Waals surface area contributed by atoms with Crippen LogP contribution in [0.1, 0.15) is 57.6 Å². The number of benzene rings is 2. The van der Waals surface area contributed by atoms with Crippen LogP contribution in [0.5, 0.6) is 0 Å². The Bertz CT molecular complexity index is 1880. The number of carbonyl (C=O) groups excluding carboxylic acids is 2. The first kappa shape index (κ1) is 31.1. The predicted molar refractivity (Wildman–Crippen MR) is 186 cm³/mol. The fourth-order valence-corrected chi connectivity index (χ4v) is 7.17. The Morgan fingerprint density at radius 2 is 1.62 bits per heavy atom. The number of anilines is 2. The molecule has 4 aromatic rings. The summed E-state index contributed by atoms with van der Waals surface area (Å²) in [7, 11) is 0. The zero-order valence-corrected chi connectivity index (χ0v) is 28.3. The molecular weight excluding hydrogens is 660 g/mol. The van der Waals surface area contributed by atoms with E-state index in [0.717, 1.165) is 88.3 Å². The summed E-state index contributed by atoms with van der Waals surface area (Å²) in [6, 6.07) is 20.1. The van der Waals surface area contributed by atoms with E-state index in [1.807, 2.05) is 54.7 Å². The lowest BCUT2D eigenvalue weighted by atomic mass is 9.98. The Morgan fingerprint density at radius 1 is 0.915 bits per heavy atom. The number of piperazine rings is 1. The van der Waals surface area contributed by atoms with Gasteiger partial charge in [0.2, 0.25) is 0 Å². The van der Waals surface area contributed by atoms with Gasteiger partial charge in [-0.1, -0.05) is 64.3 Å². The Balaban J connectivity index is 1.28. The number of amides is 1. The summed E-state index contributed by atoms with van der Waals surface area (Å²) in [5, 5.41) is 8.41. The lowest BCUT2D eigenvalue weighted by molar-refractivity contribution is -0.151. The summed E-state index contributed by atoms with van der Waals surface area (Å²) >= 11 is 3.66. The van der Waals surface area contributed by atoms with Crippen molar-refractivity contribution in [2.24, 2.45) is 5.16 Å². The van der Waals surface area contributed by atoms with Crippen molar-refractivity contribution in [3.63, 3.8) is 0 Å². The highest BCUT2D eigenvalue weighted by atomic mass is 79.9. The smallest absolute Gasteiger partial charge is 0.408 e. The third kappa shape index (κ3) is 6.04. The van der Waals surface area contributed by atoms with Gasteiger partial charge in [-0.15, -0.1) is 0 Å². The molecule has 2 aromatic heterocycles. The molecule has 1 N–H and O–H groups in total. The minimum absolute atomic E-state index is 0.453. The fraction of sp³-hybridized carbons (Fsp3) is 0.361. The molecule has 3 heterocycles. The normalized spacial score (nSPS) is 17.8. The van der Waals surface area contributed by atoms with E-state index in [1.165, 1.54) is 0 Å². The summed E-state index contributed by atoms with van der Waals surface area (Å²) < 4.78 is 6.44. The van der Waals surface area contributed by atoms with Gasteiger partial charge in [-0.2, -0.15) is 0 Å². The van der Waals surface area contributed by atoms with Crippen LogP contribution < -0.4 is 15.1 Å². The number of hydrogen-bond donors (Lipinski definition) is 1. The van der Waals surface area contributed by atoms with Gasteiger partial charge in [-0.05, 0) is 69.5 Å². The molecule has 1 aliphatic heterocycles. The number of nitrogens with one attached hydrogen (secondary N) is 1. The number of hydrogen-bond acceptors (Lipinski definition) is 9. The van der Waals surface area contributed by atoms with Gasteiger partial charge in [0.05, 0.1) is 11.1 Å². The molecule has 7 rings (SSSR count). The van der Waals surface area contributed by atoms with Crippen molar-refractivity contribution < 1.29 is 19.2 Å². The Kier molecular flexibility index (Phi) is 8.11. The average molecular weight is 698 g/mol. The highest BCUT2D eigenvalue weighted by Crippen LogP contribution is 2.46. The second-order valence-electron chi connectivity index (χ2n) is 13.3. The molecule has 1 saturated carbocycles. The number of pyridine rings is 2. The molecular formula is C36H37BrN6O4. The maximum atomic E-state index is 13.8. The molecule has 2 aromatic carbocycles. The summed E-state index contributed by atoms with van der Waals surface area (Å²) in [6.45, 7) is 8.38. The summed E-state index contributed by atoms with van der Waals surface area (Å²) in [4.78, 5) is 46.8. The quantitative estimate of drug-likeness (QED) is 0.157. The Labute approximate surface area is 282 Å². The third-order valence-corrected chi connectivity index (χ3v) is 9.47. The van der Waals surface area contributed by atoms with Gasteiger partial charge in [0, 0.05) is 53.4 Å². The number of ether oxygens (including phenoxy) is 1. The minimum Gasteiger partial charge on any atom is -0.444 e. The van der Waals surface area contributed by atoms with E-state index in [4.69, 9.17) is 14.6 Å². The maximum Gasteiger partial charge on any atom is 0.408 e. The van der Waals surface area contributed by atoms with Crippen molar-refractivity contribution in [3.8, 4) is 11.1 Å². The SMILES string of the molecule is CC(C)(C)OC(=O)NC1(C(=O)O/N=C2\c3ccccc3-c3c2c(N2CCN(c4ccccn4)CC2)nc2ccc(Br)cc32)CCCC1. The first-order chi connectivity index (χ1) is 22.6. The van der Waals surface area contributed by atoms with Crippen molar-refractivity contribution in [2.75, 3.05) is 36.0 Å². The molecule has 0 unspecified atom stereocenters. The fourth-order valence-electron chi connectivity index (χ4n) is 6.81. The third-order valence-electron chi connectivity index (χ3n) is 8.98. The van der Waals surface area contributed by atoms with Gasteiger partial charge < -0.3 is 24.7 Å². The van der Waals surface area contributed by atoms with Gasteiger partial charge in [0.15, 0.2) is 0 Å².